The molecule has 0 aromatic rings. The van der Waals surface area contributed by atoms with Crippen molar-refractivity contribution in [1.82, 2.24) is 0 Å². The number of phosphoric acid groups is 3. The van der Waals surface area contributed by atoms with E-state index < -0.39 is 23.5 Å². The fourth-order valence-electron chi connectivity index (χ4n) is 0.122. The van der Waals surface area contributed by atoms with Crippen molar-refractivity contribution < 1.29 is 52.3 Å². The van der Waals surface area contributed by atoms with Crippen molar-refractivity contribution >= 4 is 94.8 Å². The van der Waals surface area contributed by atoms with Gasteiger partial charge in [0.1, 0.15) is 0 Å². The third-order valence-electron chi connectivity index (χ3n) is 0.200. The fraction of sp³-hybridized carbons (Fsp3) is 0. The predicted molar refractivity (Wildman–Crippen MR) is 39.9 cm³/mol. The van der Waals surface area contributed by atoms with E-state index in [4.69, 9.17) is 19.2 Å². The van der Waals surface area contributed by atoms with Crippen molar-refractivity contribution in [3.63, 3.8) is 0 Å². The summed E-state index contributed by atoms with van der Waals surface area (Å²) < 4.78 is 29.9. The zero-order chi connectivity index (χ0) is 12.2. The summed E-state index contributed by atoms with van der Waals surface area (Å²) >= 11 is 0. The van der Waals surface area contributed by atoms with Gasteiger partial charge in [0.2, 0.25) is 0 Å². The van der Waals surface area contributed by atoms with Crippen molar-refractivity contribution in [2.24, 2.45) is 0 Å². The van der Waals surface area contributed by atoms with Gasteiger partial charge in [0, 0.05) is 0 Å². The van der Waals surface area contributed by atoms with Crippen LogP contribution in [0.4, 0.5) is 0 Å². The Labute approximate surface area is 145 Å². The Morgan fingerprint density at radius 3 is 0.938 bits per heavy atom. The maximum atomic E-state index is 9.32. The van der Waals surface area contributed by atoms with E-state index in [1.165, 1.54) is 0 Å². The third kappa shape index (κ3) is 54.3. The summed E-state index contributed by atoms with van der Waals surface area (Å²) in [5.74, 6) is 0. The molecule has 0 spiro atoms. The van der Waals surface area contributed by atoms with Crippen LogP contribution in [0.2, 0.25) is 0 Å². The molecule has 0 aliphatic heterocycles. The molecule has 88 valence electrons. The van der Waals surface area contributed by atoms with Crippen molar-refractivity contribution in [2.45, 2.75) is 0 Å². The van der Waals surface area contributed by atoms with Gasteiger partial charge in [-0.15, -0.1) is 0 Å². The first kappa shape index (κ1) is 27.1. The minimum atomic E-state index is -5.68. The van der Waals surface area contributed by atoms with Crippen LogP contribution in [0, 0.1) is 0 Å². The van der Waals surface area contributed by atoms with Gasteiger partial charge in [-0.2, -0.15) is 0 Å². The summed E-state index contributed by atoms with van der Waals surface area (Å²) in [6.45, 7) is 0. The Hall–Kier alpha value is 2.72. The molecule has 0 aromatic carbocycles. The second-order valence-corrected chi connectivity index (χ2v) is 4.89. The van der Waals surface area contributed by atoms with Crippen LogP contribution >= 0.6 is 23.5 Å². The average Bonchev–Trinajstić information content (AvgIpc) is 1.42. The van der Waals surface area contributed by atoms with E-state index in [2.05, 4.69) is 4.31 Å². The summed E-state index contributed by atoms with van der Waals surface area (Å²) in [5, 5.41) is 0. The Morgan fingerprint density at radius 1 is 0.812 bits per heavy atom. The molecule has 16 heteroatoms. The first-order chi connectivity index (χ1) is 5.71. The zero-order valence-corrected chi connectivity index (χ0v) is 16.6. The molecular formula is H2InO11P3Sr. The third-order valence-corrected chi connectivity index (χ3v) is 1.80. The van der Waals surface area contributed by atoms with Crippen molar-refractivity contribution in [2.75, 3.05) is 0 Å². The Bertz CT molecular complexity index is 264. The predicted octanol–water partition coefficient (Wildman–Crippen LogP) is -5.66. The molecule has 0 radical (unpaired) electrons. The Morgan fingerprint density at radius 2 is 0.938 bits per heavy atom. The molecule has 11 nitrogen and oxygen atoms in total. The van der Waals surface area contributed by atoms with Crippen LogP contribution < -0.4 is 24.5 Å². The van der Waals surface area contributed by atoms with Gasteiger partial charge >= 0.3 is 71.3 Å². The van der Waals surface area contributed by atoms with Crippen molar-refractivity contribution in [3.8, 4) is 0 Å². The van der Waals surface area contributed by atoms with Gasteiger partial charge in [-0.05, 0) is 0 Å². The van der Waals surface area contributed by atoms with Gasteiger partial charge < -0.3 is 47.7 Å². The molecule has 0 aromatic heterocycles. The molecule has 16 heavy (non-hydrogen) atoms. The molecule has 0 unspecified atom stereocenters. The average molecular weight is 473 g/mol. The molecular weight excluding hydrogens is 471 g/mol. The van der Waals surface area contributed by atoms with Crippen LogP contribution in [0.25, 0.3) is 0 Å². The monoisotopic (exact) mass is 474 g/mol. The second kappa shape index (κ2) is 10.5. The SMILES string of the molecule is O=P([O-])(O)O.O=P([O-])([O-])OP(=O)([O-])[O-].[In+3].[Sr+2]. The minimum Gasteiger partial charge on any atom is -0.790 e. The first-order valence-corrected chi connectivity index (χ1v) is 6.68. The Kier molecular flexibility index (Phi) is 17.8. The molecule has 0 saturated carbocycles. The molecule has 0 aliphatic carbocycles. The standard InChI is InChI=1S/In.H4O7P2.H3O4P.Sr/c;1-8(2,3)7-9(4,5)6;1-5(2,3)4;/h;(H2,1,2,3)(H2,4,5,6);(H3,1,2,3,4);/q+3;;;+2/p-5. The fourth-order valence-corrected chi connectivity index (χ4v) is 1.10. The smallest absolute Gasteiger partial charge is 0.790 e. The van der Waals surface area contributed by atoms with Crippen LogP contribution in [0.3, 0.4) is 0 Å². The van der Waals surface area contributed by atoms with Crippen molar-refractivity contribution in [1.29, 1.82) is 0 Å². The minimum absolute atomic E-state index is 0. The number of rotatable bonds is 2. The van der Waals surface area contributed by atoms with E-state index in [1.54, 1.807) is 0 Å². The van der Waals surface area contributed by atoms with Gasteiger partial charge in [-0.1, -0.05) is 0 Å². The van der Waals surface area contributed by atoms with Gasteiger partial charge in [-0.3, -0.25) is 4.57 Å². The van der Waals surface area contributed by atoms with E-state index in [-0.39, 0.29) is 71.3 Å². The molecule has 0 heterocycles. The Balaban J connectivity index is -0.0000000904. The number of hydrogen-bond donors (Lipinski definition) is 2. The molecule has 0 bridgehead atoms. The molecule has 0 aliphatic rings. The second-order valence-electron chi connectivity index (χ2n) is 1.47. The van der Waals surface area contributed by atoms with E-state index >= 15 is 0 Å². The van der Waals surface area contributed by atoms with Crippen LogP contribution in [0.1, 0.15) is 0 Å². The summed E-state index contributed by atoms with van der Waals surface area (Å²) in [6, 6.07) is 0. The maximum Gasteiger partial charge on any atom is 3.00 e. The summed E-state index contributed by atoms with van der Waals surface area (Å²) in [6.07, 6.45) is 0. The molecule has 0 atom stereocenters. The van der Waals surface area contributed by atoms with Crippen LogP contribution in [0.15, 0.2) is 0 Å². The van der Waals surface area contributed by atoms with Gasteiger partial charge in [0.05, 0.1) is 15.6 Å². The van der Waals surface area contributed by atoms with Crippen molar-refractivity contribution in [3.05, 3.63) is 0 Å². The van der Waals surface area contributed by atoms with Gasteiger partial charge in [0.15, 0.2) is 0 Å². The normalized spacial score (nSPS) is 11.4. The molecule has 0 amide bonds. The number of hydrogen-bond acceptors (Lipinski definition) is 9. The van der Waals surface area contributed by atoms with E-state index in [9.17, 15) is 28.7 Å². The van der Waals surface area contributed by atoms with Gasteiger partial charge in [-0.25, -0.2) is 0 Å². The van der Waals surface area contributed by atoms with Crippen LogP contribution in [-0.2, 0) is 18.0 Å². The van der Waals surface area contributed by atoms with Crippen LogP contribution in [-0.4, -0.2) is 81.1 Å². The first-order valence-electron chi connectivity index (χ1n) is 2.23. The summed E-state index contributed by atoms with van der Waals surface area (Å²) in [7, 11) is -16.2. The van der Waals surface area contributed by atoms with E-state index in [0.29, 0.717) is 0 Å². The molecule has 0 rings (SSSR count). The quantitative estimate of drug-likeness (QED) is 0.284. The molecule has 0 saturated heterocycles. The van der Waals surface area contributed by atoms with Gasteiger partial charge in [0.25, 0.3) is 7.82 Å². The summed E-state index contributed by atoms with van der Waals surface area (Å²) in [5.41, 5.74) is 0. The summed E-state index contributed by atoms with van der Waals surface area (Å²) in [4.78, 5) is 60.2. The zero-order valence-electron chi connectivity index (χ0n) is 7.19. The maximum absolute atomic E-state index is 9.32. The van der Waals surface area contributed by atoms with E-state index in [1.807, 2.05) is 0 Å². The van der Waals surface area contributed by atoms with Crippen LogP contribution in [0.5, 0.6) is 0 Å². The largest absolute Gasteiger partial charge is 3.00 e. The van der Waals surface area contributed by atoms with E-state index in [0.717, 1.165) is 0 Å². The molecule has 0 fully saturated rings. The topological polar surface area (TPSA) is 216 Å². The molecule has 2 N–H and O–H groups in total.